The van der Waals surface area contributed by atoms with Crippen LogP contribution in [0.5, 0.6) is 0 Å². The highest BCUT2D eigenvalue weighted by atomic mass is 16.4. The maximum Gasteiger partial charge on any atom is 0.326 e. The highest BCUT2D eigenvalue weighted by Gasteiger charge is 2.31. The lowest BCUT2D eigenvalue weighted by molar-refractivity contribution is -0.143. The Morgan fingerprint density at radius 3 is 1.54 bits per heavy atom. The molecule has 0 aromatic rings. The first-order valence-corrected chi connectivity index (χ1v) is 17.5. The van der Waals surface area contributed by atoms with E-state index < -0.39 is 60.0 Å². The molecular weight excluding hydrogens is 592 g/mol. The van der Waals surface area contributed by atoms with Crippen molar-refractivity contribution in [2.75, 3.05) is 6.54 Å². The van der Waals surface area contributed by atoms with Gasteiger partial charge in [-0.25, -0.2) is 9.59 Å². The van der Waals surface area contributed by atoms with E-state index in [1.54, 1.807) is 0 Å². The number of carbonyl (C=O) groups is 5. The van der Waals surface area contributed by atoms with Gasteiger partial charge in [-0.2, -0.15) is 0 Å². The van der Waals surface area contributed by atoms with Crippen LogP contribution in [-0.2, 0) is 28.8 Å². The molecule has 0 fully saturated rings. The number of amides is 2. The number of aliphatic carboxylic acids is 2. The largest absolute Gasteiger partial charge is 0.480 e. The molecule has 8 N–H and O–H groups in total. The number of rotatable bonds is 32. The molecule has 2 amide bonds. The van der Waals surface area contributed by atoms with E-state index in [1.807, 2.05) is 0 Å². The Labute approximate surface area is 275 Å². The lowest BCUT2D eigenvalue weighted by Crippen LogP contribution is -2.46. The minimum absolute atomic E-state index is 0.182. The summed E-state index contributed by atoms with van der Waals surface area (Å²) in [6, 6.07) is -3.89. The predicted octanol–water partition coefficient (Wildman–Crippen LogP) is 4.31. The normalized spacial score (nSPS) is 13.7. The van der Waals surface area contributed by atoms with Gasteiger partial charge < -0.3 is 32.3 Å². The number of nitrogens with two attached hydrogens (primary N) is 2. The minimum atomic E-state index is -1.58. The molecule has 0 rings (SSSR count). The second kappa shape index (κ2) is 28.4. The highest BCUT2D eigenvalue weighted by molar-refractivity contribution is 5.97. The quantitative estimate of drug-likeness (QED) is 0.0446. The van der Waals surface area contributed by atoms with Crippen LogP contribution in [0.15, 0.2) is 0 Å². The molecule has 0 saturated heterocycles. The van der Waals surface area contributed by atoms with Crippen LogP contribution < -0.4 is 22.1 Å². The van der Waals surface area contributed by atoms with Gasteiger partial charge in [-0.3, -0.25) is 19.2 Å². The van der Waals surface area contributed by atoms with Crippen LogP contribution in [0.4, 0.5) is 0 Å². The van der Waals surface area contributed by atoms with Gasteiger partial charge in [-0.1, -0.05) is 103 Å². The number of unbranched alkanes of at least 4 members (excludes halogenated alkanes) is 15. The van der Waals surface area contributed by atoms with Crippen molar-refractivity contribution in [1.29, 1.82) is 0 Å². The zero-order chi connectivity index (χ0) is 34.6. The third-order valence-corrected chi connectivity index (χ3v) is 8.23. The lowest BCUT2D eigenvalue weighted by atomic mass is 9.90. The zero-order valence-corrected chi connectivity index (χ0v) is 28.1. The first kappa shape index (κ1) is 43.1. The summed E-state index contributed by atoms with van der Waals surface area (Å²) in [5.41, 5.74) is 11.3. The van der Waals surface area contributed by atoms with Crippen LogP contribution in [0.3, 0.4) is 0 Å². The maximum atomic E-state index is 12.5. The van der Waals surface area contributed by atoms with Gasteiger partial charge in [0.05, 0.1) is 12.0 Å². The van der Waals surface area contributed by atoms with E-state index in [0.29, 0.717) is 25.8 Å². The zero-order valence-electron chi connectivity index (χ0n) is 28.1. The molecule has 4 atom stereocenters. The van der Waals surface area contributed by atoms with E-state index in [2.05, 4.69) is 17.6 Å². The molecule has 12 heteroatoms. The summed E-state index contributed by atoms with van der Waals surface area (Å²) < 4.78 is 0. The average molecular weight is 654 g/mol. The topological polar surface area (TPSA) is 219 Å². The molecule has 0 aliphatic heterocycles. The van der Waals surface area contributed by atoms with E-state index >= 15 is 0 Å². The summed E-state index contributed by atoms with van der Waals surface area (Å²) in [5.74, 6) is -6.10. The molecule has 0 spiro atoms. The number of nitrogens with one attached hydrogen (secondary N) is 2. The summed E-state index contributed by atoms with van der Waals surface area (Å²) in [5, 5.41) is 23.7. The van der Waals surface area contributed by atoms with Crippen LogP contribution in [0.2, 0.25) is 0 Å². The Morgan fingerprint density at radius 1 is 0.630 bits per heavy atom. The molecule has 1 unspecified atom stereocenters. The molecule has 0 aromatic carbocycles. The predicted molar refractivity (Wildman–Crippen MR) is 178 cm³/mol. The summed E-state index contributed by atoms with van der Waals surface area (Å²) in [6.07, 6.45) is 20.0. The SMILES string of the molecule is CCCCCCCCCCCCCCCCCC(=O)N[C@@H](CCC(=O)N[C@@H](CC([C]=O)C(=O)[C@@H](N)CCCCN)C(=O)O)C(=O)O. The fourth-order valence-corrected chi connectivity index (χ4v) is 5.31. The van der Waals surface area contributed by atoms with Crippen molar-refractivity contribution >= 4 is 35.8 Å². The van der Waals surface area contributed by atoms with Gasteiger partial charge in [0, 0.05) is 12.8 Å². The molecule has 0 saturated carbocycles. The molecule has 0 aromatic heterocycles. The van der Waals surface area contributed by atoms with Crippen molar-refractivity contribution in [2.24, 2.45) is 17.4 Å². The first-order valence-electron chi connectivity index (χ1n) is 17.5. The van der Waals surface area contributed by atoms with E-state index in [0.717, 1.165) is 19.3 Å². The Balaban J connectivity index is 4.34. The lowest BCUT2D eigenvalue weighted by Gasteiger charge is -2.20. The second-order valence-corrected chi connectivity index (χ2v) is 12.4. The molecule has 0 bridgehead atoms. The van der Waals surface area contributed by atoms with Crippen LogP contribution >= 0.6 is 0 Å². The number of ketones is 1. The number of hydrogen-bond acceptors (Lipinski definition) is 8. The van der Waals surface area contributed by atoms with Crippen molar-refractivity contribution in [3.05, 3.63) is 0 Å². The number of carbonyl (C=O) groups excluding carboxylic acids is 4. The number of hydrogen-bond donors (Lipinski definition) is 6. The van der Waals surface area contributed by atoms with Crippen LogP contribution in [0.1, 0.15) is 148 Å². The van der Waals surface area contributed by atoms with Gasteiger partial charge >= 0.3 is 11.9 Å². The van der Waals surface area contributed by atoms with Gasteiger partial charge in [0.25, 0.3) is 0 Å². The molecule has 46 heavy (non-hydrogen) atoms. The Kier molecular flexibility index (Phi) is 26.6. The minimum Gasteiger partial charge on any atom is -0.480 e. The summed E-state index contributed by atoms with van der Waals surface area (Å²) >= 11 is 0. The van der Waals surface area contributed by atoms with Crippen molar-refractivity contribution in [2.45, 2.75) is 166 Å². The number of carboxylic acids is 2. The molecule has 12 nitrogen and oxygen atoms in total. The summed E-state index contributed by atoms with van der Waals surface area (Å²) in [4.78, 5) is 72.1. The summed E-state index contributed by atoms with van der Waals surface area (Å²) in [6.45, 7) is 2.65. The number of carboxylic acid groups (broad SMARTS) is 2. The van der Waals surface area contributed by atoms with Gasteiger partial charge in [-0.15, -0.1) is 0 Å². The van der Waals surface area contributed by atoms with E-state index in [1.165, 1.54) is 76.9 Å². The van der Waals surface area contributed by atoms with Crippen LogP contribution in [0, 0.1) is 5.92 Å². The highest BCUT2D eigenvalue weighted by Crippen LogP contribution is 2.15. The Bertz CT molecular complexity index is 885. The van der Waals surface area contributed by atoms with E-state index in [9.17, 15) is 39.0 Å². The van der Waals surface area contributed by atoms with Crippen LogP contribution in [-0.4, -0.2) is 70.7 Å². The molecule has 265 valence electrons. The molecule has 0 aliphatic carbocycles. The third kappa shape index (κ3) is 22.6. The standard InChI is InChI=1S/C34H61N4O8/c1-2-3-4-5-6-7-8-9-10-11-12-13-14-15-16-20-30(40)37-28(33(43)44)21-22-31(41)38-29(34(45)46)24-26(25-39)32(42)27(36)19-17-18-23-35/h26-29H,2-24,35-36H2,1H3,(H,37,40)(H,38,41)(H,43,44)(H,45,46)/t26?,27-,28-,29-/m0/s1. The fraction of sp³-hybridized carbons (Fsp3) is 0.824. The second-order valence-electron chi connectivity index (χ2n) is 12.4. The molecule has 0 heterocycles. The van der Waals surface area contributed by atoms with Crippen molar-refractivity contribution < 1.29 is 39.0 Å². The average Bonchev–Trinajstić information content (AvgIpc) is 3.02. The summed E-state index contributed by atoms with van der Waals surface area (Å²) in [7, 11) is 0. The first-order chi connectivity index (χ1) is 22.1. The fourth-order valence-electron chi connectivity index (χ4n) is 5.31. The van der Waals surface area contributed by atoms with Gasteiger partial charge in [0.15, 0.2) is 5.78 Å². The molecule has 0 aliphatic rings. The third-order valence-electron chi connectivity index (χ3n) is 8.23. The Morgan fingerprint density at radius 2 is 1.09 bits per heavy atom. The van der Waals surface area contributed by atoms with E-state index in [-0.39, 0.29) is 25.7 Å². The van der Waals surface area contributed by atoms with Crippen LogP contribution in [0.25, 0.3) is 0 Å². The molecule has 1 radical (unpaired) electrons. The smallest absolute Gasteiger partial charge is 0.326 e. The maximum absolute atomic E-state index is 12.5. The molecular formula is C34H61N4O8. The van der Waals surface area contributed by atoms with Crippen molar-refractivity contribution in [1.82, 2.24) is 10.6 Å². The van der Waals surface area contributed by atoms with Gasteiger partial charge in [-0.05, 0) is 38.6 Å². The number of Topliss-reactive ketones (excluding diaryl/α,β-unsaturated/α-hetero) is 1. The monoisotopic (exact) mass is 653 g/mol. The van der Waals surface area contributed by atoms with Gasteiger partial charge in [0.1, 0.15) is 12.1 Å². The Hall–Kier alpha value is -2.86. The van der Waals surface area contributed by atoms with Gasteiger partial charge in [0.2, 0.25) is 18.1 Å². The van der Waals surface area contributed by atoms with E-state index in [4.69, 9.17) is 11.5 Å². The van der Waals surface area contributed by atoms with Crippen molar-refractivity contribution in [3.8, 4) is 0 Å². The van der Waals surface area contributed by atoms with Crippen molar-refractivity contribution in [3.63, 3.8) is 0 Å².